The van der Waals surface area contributed by atoms with Gasteiger partial charge in [-0.1, -0.05) is 27.0 Å². The SMILES string of the molecule is C=C1C[C@@H](C)C(c2cc(F)c(N3CCOCC3)c(F)c2)=NN1.C=C1C[C@H](C)C(c2cc(F)c(N3CCOCC3)c(F)c2)=NN1. The number of benzene rings is 2. The van der Waals surface area contributed by atoms with Crippen LogP contribution in [0, 0.1) is 35.1 Å². The molecule has 2 fully saturated rings. The van der Waals surface area contributed by atoms with E-state index >= 15 is 0 Å². The molecule has 2 aromatic carbocycles. The Kier molecular flexibility index (Phi) is 9.90. The maximum Gasteiger partial charge on any atom is 0.150 e. The minimum atomic E-state index is -0.559. The molecular weight excluding hydrogens is 576 g/mol. The fourth-order valence-corrected chi connectivity index (χ4v) is 5.83. The minimum Gasteiger partial charge on any atom is -0.378 e. The number of hydrazone groups is 2. The van der Waals surface area contributed by atoms with E-state index in [1.54, 1.807) is 9.80 Å². The van der Waals surface area contributed by atoms with Crippen molar-refractivity contribution in [3.8, 4) is 0 Å². The van der Waals surface area contributed by atoms with Gasteiger partial charge in [-0.25, -0.2) is 17.6 Å². The van der Waals surface area contributed by atoms with Crippen molar-refractivity contribution < 1.29 is 27.0 Å². The highest BCUT2D eigenvalue weighted by Crippen LogP contribution is 2.30. The standard InChI is InChI=1S/2C16H19F2N3O/c2*1-10-7-11(2)19-20-15(10)12-8-13(17)16(14(18)9-12)21-3-5-22-6-4-21/h2*8-10,19H,2-7H2,1H3/t2*10-/m10/s1. The Balaban J connectivity index is 0.000000175. The molecular formula is C32H38F4N6O2. The summed E-state index contributed by atoms with van der Waals surface area (Å²) >= 11 is 0. The van der Waals surface area contributed by atoms with Crippen LogP contribution in [0.2, 0.25) is 0 Å². The molecule has 0 unspecified atom stereocenters. The van der Waals surface area contributed by atoms with E-state index in [4.69, 9.17) is 9.47 Å². The molecule has 2 atom stereocenters. The van der Waals surface area contributed by atoms with Gasteiger partial charge in [0.15, 0.2) is 0 Å². The smallest absolute Gasteiger partial charge is 0.150 e. The van der Waals surface area contributed by atoms with E-state index in [1.165, 1.54) is 24.3 Å². The molecule has 236 valence electrons. The van der Waals surface area contributed by atoms with Crippen molar-refractivity contribution in [2.45, 2.75) is 26.7 Å². The van der Waals surface area contributed by atoms with Crippen LogP contribution >= 0.6 is 0 Å². The Bertz CT molecular complexity index is 1310. The fourth-order valence-electron chi connectivity index (χ4n) is 5.83. The summed E-state index contributed by atoms with van der Waals surface area (Å²) < 4.78 is 68.2. The van der Waals surface area contributed by atoms with Crippen molar-refractivity contribution in [1.82, 2.24) is 10.9 Å². The molecule has 12 heteroatoms. The van der Waals surface area contributed by atoms with Gasteiger partial charge in [0.25, 0.3) is 0 Å². The zero-order valence-corrected chi connectivity index (χ0v) is 25.1. The van der Waals surface area contributed by atoms with E-state index in [-0.39, 0.29) is 23.2 Å². The third-order valence-corrected chi connectivity index (χ3v) is 7.99. The van der Waals surface area contributed by atoms with Crippen LogP contribution in [0.25, 0.3) is 0 Å². The lowest BCUT2D eigenvalue weighted by molar-refractivity contribution is 0.122. The van der Waals surface area contributed by atoms with E-state index in [2.05, 4.69) is 34.2 Å². The number of anilines is 2. The molecule has 0 bridgehead atoms. The number of nitrogens with zero attached hydrogens (tertiary/aromatic N) is 4. The lowest BCUT2D eigenvalue weighted by atomic mass is 9.93. The highest BCUT2D eigenvalue weighted by Gasteiger charge is 2.26. The largest absolute Gasteiger partial charge is 0.378 e. The first-order valence-electron chi connectivity index (χ1n) is 14.8. The number of ether oxygens (including phenoxy) is 2. The van der Waals surface area contributed by atoms with Crippen LogP contribution in [0.4, 0.5) is 28.9 Å². The van der Waals surface area contributed by atoms with Crippen molar-refractivity contribution in [1.29, 1.82) is 0 Å². The Morgan fingerprint density at radius 2 is 0.955 bits per heavy atom. The molecule has 0 aromatic heterocycles. The number of hydrogen-bond acceptors (Lipinski definition) is 8. The Morgan fingerprint density at radius 3 is 1.25 bits per heavy atom. The number of nitrogens with one attached hydrogen (secondary N) is 2. The molecule has 0 amide bonds. The van der Waals surface area contributed by atoms with Crippen molar-refractivity contribution in [3.05, 3.63) is 83.2 Å². The number of morpholine rings is 2. The van der Waals surface area contributed by atoms with E-state index in [0.717, 1.165) is 11.4 Å². The number of allylic oxidation sites excluding steroid dienone is 2. The van der Waals surface area contributed by atoms with E-state index < -0.39 is 23.3 Å². The maximum absolute atomic E-state index is 14.4. The first-order valence-corrected chi connectivity index (χ1v) is 14.8. The summed E-state index contributed by atoms with van der Waals surface area (Å²) in [6.07, 6.45) is 1.40. The van der Waals surface area contributed by atoms with Gasteiger partial charge in [-0.3, -0.25) is 10.9 Å². The molecule has 4 heterocycles. The van der Waals surface area contributed by atoms with Crippen LogP contribution in [-0.4, -0.2) is 64.0 Å². The van der Waals surface area contributed by atoms with Crippen LogP contribution in [-0.2, 0) is 9.47 Å². The molecule has 0 spiro atoms. The summed E-state index contributed by atoms with van der Waals surface area (Å²) in [5, 5.41) is 8.37. The molecule has 4 aliphatic heterocycles. The van der Waals surface area contributed by atoms with E-state index in [1.807, 2.05) is 13.8 Å². The van der Waals surface area contributed by atoms with E-state index in [0.29, 0.717) is 88.0 Å². The summed E-state index contributed by atoms with van der Waals surface area (Å²) in [5.74, 6) is -2.09. The van der Waals surface area contributed by atoms with Gasteiger partial charge >= 0.3 is 0 Å². The third kappa shape index (κ3) is 7.07. The Morgan fingerprint density at radius 1 is 0.636 bits per heavy atom. The van der Waals surface area contributed by atoms with Gasteiger partial charge in [0.1, 0.15) is 34.6 Å². The average molecular weight is 615 g/mol. The second-order valence-electron chi connectivity index (χ2n) is 11.4. The molecule has 2 aromatic rings. The predicted molar refractivity (Wildman–Crippen MR) is 164 cm³/mol. The highest BCUT2D eigenvalue weighted by molar-refractivity contribution is 6.03. The molecule has 0 saturated carbocycles. The summed E-state index contributed by atoms with van der Waals surface area (Å²) in [6.45, 7) is 15.5. The Hall–Kier alpha value is -3.90. The quantitative estimate of drug-likeness (QED) is 0.456. The lowest BCUT2D eigenvalue weighted by Gasteiger charge is -2.30. The molecule has 6 rings (SSSR count). The van der Waals surface area contributed by atoms with Crippen LogP contribution < -0.4 is 20.7 Å². The van der Waals surface area contributed by atoms with Gasteiger partial charge in [0, 0.05) is 60.5 Å². The van der Waals surface area contributed by atoms with Gasteiger partial charge in [-0.05, 0) is 37.1 Å². The van der Waals surface area contributed by atoms with Crippen molar-refractivity contribution in [3.63, 3.8) is 0 Å². The number of hydrogen-bond donors (Lipinski definition) is 2. The first-order chi connectivity index (χ1) is 21.1. The van der Waals surface area contributed by atoms with Crippen LogP contribution in [0.15, 0.2) is 59.0 Å². The van der Waals surface area contributed by atoms with Gasteiger partial charge in [-0.2, -0.15) is 10.2 Å². The summed E-state index contributed by atoms with van der Waals surface area (Å²) in [5.41, 5.74) is 9.50. The fraction of sp³-hybridized carbons (Fsp3) is 0.438. The number of rotatable bonds is 4. The van der Waals surface area contributed by atoms with Crippen molar-refractivity contribution >= 4 is 22.8 Å². The second-order valence-corrected chi connectivity index (χ2v) is 11.4. The predicted octanol–water partition coefficient (Wildman–Crippen LogP) is 5.30. The first kappa shape index (κ1) is 31.5. The molecule has 2 saturated heterocycles. The summed E-state index contributed by atoms with van der Waals surface area (Å²) in [6, 6.07) is 5.44. The van der Waals surface area contributed by atoms with Crippen LogP contribution in [0.3, 0.4) is 0 Å². The van der Waals surface area contributed by atoms with Crippen LogP contribution in [0.1, 0.15) is 37.8 Å². The molecule has 2 N–H and O–H groups in total. The minimum absolute atomic E-state index is 0.0217. The van der Waals surface area contributed by atoms with Gasteiger partial charge in [-0.15, -0.1) is 0 Å². The van der Waals surface area contributed by atoms with Gasteiger partial charge in [0.2, 0.25) is 0 Å². The molecule has 8 nitrogen and oxygen atoms in total. The second kappa shape index (κ2) is 13.8. The molecule has 44 heavy (non-hydrogen) atoms. The van der Waals surface area contributed by atoms with Gasteiger partial charge < -0.3 is 19.3 Å². The normalized spacial score (nSPS) is 22.3. The maximum atomic E-state index is 14.4. The Labute approximate surface area is 255 Å². The summed E-state index contributed by atoms with van der Waals surface area (Å²) in [4.78, 5) is 3.37. The van der Waals surface area contributed by atoms with E-state index in [9.17, 15) is 17.6 Å². The van der Waals surface area contributed by atoms with Crippen LogP contribution in [0.5, 0.6) is 0 Å². The highest BCUT2D eigenvalue weighted by atomic mass is 19.1. The summed E-state index contributed by atoms with van der Waals surface area (Å²) in [7, 11) is 0. The molecule has 0 radical (unpaired) electrons. The zero-order valence-electron chi connectivity index (χ0n) is 25.1. The number of halogens is 4. The topological polar surface area (TPSA) is 73.7 Å². The third-order valence-electron chi connectivity index (χ3n) is 7.99. The molecule has 4 aliphatic rings. The van der Waals surface area contributed by atoms with Crippen molar-refractivity contribution in [2.24, 2.45) is 22.0 Å². The average Bonchev–Trinajstić information content (AvgIpc) is 2.98. The van der Waals surface area contributed by atoms with Gasteiger partial charge in [0.05, 0.1) is 37.9 Å². The lowest BCUT2D eigenvalue weighted by Crippen LogP contribution is -2.37. The molecule has 0 aliphatic carbocycles. The van der Waals surface area contributed by atoms with Crippen molar-refractivity contribution in [2.75, 3.05) is 62.4 Å². The monoisotopic (exact) mass is 614 g/mol. The zero-order chi connectivity index (χ0) is 31.4.